The molecular weight excluding hydrogens is 164 g/mol. The van der Waals surface area contributed by atoms with Crippen molar-refractivity contribution < 1.29 is 4.79 Å². The second kappa shape index (κ2) is 3.66. The number of hydrogen-bond acceptors (Lipinski definition) is 2. The van der Waals surface area contributed by atoms with Gasteiger partial charge in [0, 0.05) is 6.54 Å². The Kier molecular flexibility index (Phi) is 2.96. The van der Waals surface area contributed by atoms with Crippen molar-refractivity contribution in [3.63, 3.8) is 0 Å². The van der Waals surface area contributed by atoms with Gasteiger partial charge in [0.25, 0.3) is 0 Å². The van der Waals surface area contributed by atoms with Crippen LogP contribution in [-0.4, -0.2) is 18.0 Å². The zero-order chi connectivity index (χ0) is 10.1. The predicted molar refractivity (Wildman–Crippen MR) is 53.2 cm³/mol. The molecule has 0 spiro atoms. The minimum Gasteiger partial charge on any atom is -0.354 e. The molecule has 0 saturated heterocycles. The highest BCUT2D eigenvalue weighted by atomic mass is 16.2. The van der Waals surface area contributed by atoms with Gasteiger partial charge >= 0.3 is 0 Å². The molecule has 0 heterocycles. The Labute approximate surface area is 80.1 Å². The van der Waals surface area contributed by atoms with Crippen LogP contribution in [0.2, 0.25) is 0 Å². The van der Waals surface area contributed by atoms with E-state index in [0.717, 1.165) is 19.4 Å². The molecule has 3 heteroatoms. The first-order chi connectivity index (χ1) is 5.94. The molecule has 3 N–H and O–H groups in total. The highest BCUT2D eigenvalue weighted by Crippen LogP contribution is 2.38. The smallest absolute Gasteiger partial charge is 0.240 e. The molecule has 1 saturated carbocycles. The van der Waals surface area contributed by atoms with Gasteiger partial charge in [0.15, 0.2) is 0 Å². The molecule has 0 aliphatic heterocycles. The standard InChI is InChI=1S/C10H20N2O/c1-7(2)6-12-9(13)10(3,11)8-4-5-8/h7-8H,4-6,11H2,1-3H3,(H,12,13). The van der Waals surface area contributed by atoms with Crippen LogP contribution in [0.4, 0.5) is 0 Å². The summed E-state index contributed by atoms with van der Waals surface area (Å²) < 4.78 is 0. The summed E-state index contributed by atoms with van der Waals surface area (Å²) in [6.07, 6.45) is 2.20. The Hall–Kier alpha value is -0.570. The first kappa shape index (κ1) is 10.5. The van der Waals surface area contributed by atoms with E-state index in [9.17, 15) is 4.79 Å². The highest BCUT2D eigenvalue weighted by Gasteiger charge is 2.43. The molecule has 1 fully saturated rings. The van der Waals surface area contributed by atoms with Gasteiger partial charge in [0.05, 0.1) is 5.54 Å². The lowest BCUT2D eigenvalue weighted by atomic mass is 9.96. The van der Waals surface area contributed by atoms with Gasteiger partial charge < -0.3 is 11.1 Å². The van der Waals surface area contributed by atoms with Crippen LogP contribution in [0.5, 0.6) is 0 Å². The minimum atomic E-state index is -0.644. The molecule has 1 rings (SSSR count). The monoisotopic (exact) mass is 184 g/mol. The van der Waals surface area contributed by atoms with E-state index in [2.05, 4.69) is 19.2 Å². The lowest BCUT2D eigenvalue weighted by molar-refractivity contribution is -0.126. The average molecular weight is 184 g/mol. The first-order valence-electron chi connectivity index (χ1n) is 5.01. The fraction of sp³-hybridized carbons (Fsp3) is 0.900. The number of rotatable bonds is 4. The molecule has 76 valence electrons. The van der Waals surface area contributed by atoms with E-state index in [-0.39, 0.29) is 5.91 Å². The normalized spacial score (nSPS) is 21.3. The maximum Gasteiger partial charge on any atom is 0.240 e. The molecule has 0 aromatic heterocycles. The van der Waals surface area contributed by atoms with Crippen molar-refractivity contribution in [2.45, 2.75) is 39.2 Å². The van der Waals surface area contributed by atoms with E-state index in [1.54, 1.807) is 0 Å². The zero-order valence-corrected chi connectivity index (χ0v) is 8.76. The van der Waals surface area contributed by atoms with Crippen LogP contribution in [0, 0.1) is 11.8 Å². The summed E-state index contributed by atoms with van der Waals surface area (Å²) in [7, 11) is 0. The van der Waals surface area contributed by atoms with E-state index in [4.69, 9.17) is 5.73 Å². The number of hydrogen-bond donors (Lipinski definition) is 2. The third kappa shape index (κ3) is 2.69. The second-order valence-electron chi connectivity index (χ2n) is 4.66. The van der Waals surface area contributed by atoms with Crippen molar-refractivity contribution in [2.75, 3.05) is 6.54 Å². The molecule has 13 heavy (non-hydrogen) atoms. The highest BCUT2D eigenvalue weighted by molar-refractivity contribution is 5.86. The van der Waals surface area contributed by atoms with Gasteiger partial charge in [0.2, 0.25) is 5.91 Å². The summed E-state index contributed by atoms with van der Waals surface area (Å²) in [4.78, 5) is 11.6. The number of nitrogens with two attached hydrogens (primary N) is 1. The van der Waals surface area contributed by atoms with Crippen LogP contribution in [0.25, 0.3) is 0 Å². The predicted octanol–water partition coefficient (Wildman–Crippen LogP) is 0.886. The van der Waals surface area contributed by atoms with Crippen LogP contribution in [0.1, 0.15) is 33.6 Å². The third-order valence-corrected chi connectivity index (χ3v) is 2.59. The van der Waals surface area contributed by atoms with Gasteiger partial charge in [0.1, 0.15) is 0 Å². The maximum absolute atomic E-state index is 11.6. The van der Waals surface area contributed by atoms with Crippen molar-refractivity contribution in [3.8, 4) is 0 Å². The molecule has 0 aromatic rings. The van der Waals surface area contributed by atoms with Crippen LogP contribution in [-0.2, 0) is 4.79 Å². The van der Waals surface area contributed by atoms with Crippen LogP contribution in [0.3, 0.4) is 0 Å². The van der Waals surface area contributed by atoms with Crippen LogP contribution >= 0.6 is 0 Å². The van der Waals surface area contributed by atoms with Crippen molar-refractivity contribution in [1.82, 2.24) is 5.32 Å². The summed E-state index contributed by atoms with van der Waals surface area (Å²) in [5, 5.41) is 2.88. The van der Waals surface area contributed by atoms with Crippen LogP contribution < -0.4 is 11.1 Å². The Morgan fingerprint density at radius 3 is 2.54 bits per heavy atom. The molecule has 0 bridgehead atoms. The molecule has 0 aromatic carbocycles. The van der Waals surface area contributed by atoms with E-state index < -0.39 is 5.54 Å². The Morgan fingerprint density at radius 2 is 2.15 bits per heavy atom. The summed E-state index contributed by atoms with van der Waals surface area (Å²) in [6.45, 7) is 6.70. The maximum atomic E-state index is 11.6. The minimum absolute atomic E-state index is 0.00343. The van der Waals surface area contributed by atoms with Crippen molar-refractivity contribution in [3.05, 3.63) is 0 Å². The van der Waals surface area contributed by atoms with E-state index in [1.807, 2.05) is 6.92 Å². The quantitative estimate of drug-likeness (QED) is 0.681. The fourth-order valence-electron chi connectivity index (χ4n) is 1.36. The number of carbonyl (C=O) groups excluding carboxylic acids is 1. The van der Waals surface area contributed by atoms with Gasteiger partial charge in [-0.15, -0.1) is 0 Å². The summed E-state index contributed by atoms with van der Waals surface area (Å²) >= 11 is 0. The van der Waals surface area contributed by atoms with Crippen LogP contribution in [0.15, 0.2) is 0 Å². The molecule has 1 unspecified atom stereocenters. The van der Waals surface area contributed by atoms with E-state index in [0.29, 0.717) is 11.8 Å². The topological polar surface area (TPSA) is 55.1 Å². The third-order valence-electron chi connectivity index (χ3n) is 2.59. The zero-order valence-electron chi connectivity index (χ0n) is 8.76. The van der Waals surface area contributed by atoms with Gasteiger partial charge in [-0.1, -0.05) is 13.8 Å². The summed E-state index contributed by atoms with van der Waals surface area (Å²) in [6, 6.07) is 0. The van der Waals surface area contributed by atoms with Gasteiger partial charge in [-0.2, -0.15) is 0 Å². The van der Waals surface area contributed by atoms with Crippen molar-refractivity contribution in [1.29, 1.82) is 0 Å². The Balaban J connectivity index is 2.37. The largest absolute Gasteiger partial charge is 0.354 e. The Morgan fingerprint density at radius 1 is 1.62 bits per heavy atom. The van der Waals surface area contributed by atoms with Gasteiger partial charge in [-0.25, -0.2) is 0 Å². The second-order valence-corrected chi connectivity index (χ2v) is 4.66. The molecule has 1 atom stereocenters. The number of nitrogens with one attached hydrogen (secondary N) is 1. The molecule has 1 aliphatic carbocycles. The molecule has 1 amide bonds. The summed E-state index contributed by atoms with van der Waals surface area (Å²) in [5.41, 5.74) is 5.30. The SMILES string of the molecule is CC(C)CNC(=O)C(C)(N)C1CC1. The molecule has 3 nitrogen and oxygen atoms in total. The molecular formula is C10H20N2O. The first-order valence-corrected chi connectivity index (χ1v) is 5.01. The molecule has 1 aliphatic rings. The number of carbonyl (C=O) groups is 1. The number of amides is 1. The van der Waals surface area contributed by atoms with Crippen molar-refractivity contribution in [2.24, 2.45) is 17.6 Å². The van der Waals surface area contributed by atoms with E-state index >= 15 is 0 Å². The lowest BCUT2D eigenvalue weighted by Gasteiger charge is -2.23. The lowest BCUT2D eigenvalue weighted by Crippen LogP contribution is -2.53. The Bertz CT molecular complexity index is 195. The van der Waals surface area contributed by atoms with Gasteiger partial charge in [-0.05, 0) is 31.6 Å². The molecule has 0 radical (unpaired) electrons. The fourth-order valence-corrected chi connectivity index (χ4v) is 1.36. The average Bonchev–Trinajstić information content (AvgIpc) is 2.81. The van der Waals surface area contributed by atoms with E-state index in [1.165, 1.54) is 0 Å². The van der Waals surface area contributed by atoms with Gasteiger partial charge in [-0.3, -0.25) is 4.79 Å². The van der Waals surface area contributed by atoms with Crippen molar-refractivity contribution >= 4 is 5.91 Å². The summed E-state index contributed by atoms with van der Waals surface area (Å²) in [5.74, 6) is 0.891.